The molecular weight excluding hydrogens is 228 g/mol. The van der Waals surface area contributed by atoms with Gasteiger partial charge in [-0.1, -0.05) is 6.92 Å². The van der Waals surface area contributed by atoms with Gasteiger partial charge in [0.2, 0.25) is 0 Å². The monoisotopic (exact) mass is 254 g/mol. The van der Waals surface area contributed by atoms with Crippen LogP contribution in [0.2, 0.25) is 0 Å². The van der Waals surface area contributed by atoms with E-state index in [-0.39, 0.29) is 5.97 Å². The van der Waals surface area contributed by atoms with Gasteiger partial charge in [0.05, 0.1) is 7.11 Å². The van der Waals surface area contributed by atoms with E-state index in [1.165, 1.54) is 20.0 Å². The molecular formula is C14H26N2O2. The summed E-state index contributed by atoms with van der Waals surface area (Å²) in [5.74, 6) is 0.393. The van der Waals surface area contributed by atoms with Crippen molar-refractivity contribution in [2.75, 3.05) is 27.2 Å². The number of methoxy groups -OCH3 is 1. The Labute approximate surface area is 110 Å². The molecule has 0 radical (unpaired) electrons. The van der Waals surface area contributed by atoms with Gasteiger partial charge in [0.15, 0.2) is 0 Å². The summed E-state index contributed by atoms with van der Waals surface area (Å²) >= 11 is 0. The minimum absolute atomic E-state index is 0.0696. The fraction of sp³-hybridized carbons (Fsp3) is 0.929. The van der Waals surface area contributed by atoms with E-state index in [0.717, 1.165) is 32.4 Å². The first kappa shape index (κ1) is 13.8. The fourth-order valence-corrected chi connectivity index (χ4v) is 2.82. The van der Waals surface area contributed by atoms with Crippen LogP contribution in [0.1, 0.15) is 39.0 Å². The lowest BCUT2D eigenvalue weighted by atomic mass is 9.92. The third-order valence-corrected chi connectivity index (χ3v) is 3.99. The smallest absolute Gasteiger partial charge is 0.327 e. The summed E-state index contributed by atoms with van der Waals surface area (Å²) in [6.07, 6.45) is 5.80. The molecule has 18 heavy (non-hydrogen) atoms. The molecule has 1 N–H and O–H groups in total. The van der Waals surface area contributed by atoms with E-state index in [2.05, 4.69) is 24.2 Å². The van der Waals surface area contributed by atoms with Crippen molar-refractivity contribution in [2.45, 2.75) is 50.6 Å². The second kappa shape index (κ2) is 5.57. The van der Waals surface area contributed by atoms with Crippen LogP contribution in [0, 0.1) is 5.92 Å². The molecule has 0 aromatic carbocycles. The quantitative estimate of drug-likeness (QED) is 0.665. The molecule has 0 aromatic rings. The fourth-order valence-electron chi connectivity index (χ4n) is 2.82. The number of nitrogens with one attached hydrogen (secondary N) is 1. The summed E-state index contributed by atoms with van der Waals surface area (Å²) in [5, 5.41) is 3.59. The zero-order valence-electron chi connectivity index (χ0n) is 11.9. The van der Waals surface area contributed by atoms with Crippen LogP contribution in [-0.4, -0.2) is 49.7 Å². The van der Waals surface area contributed by atoms with Gasteiger partial charge in [0.1, 0.15) is 5.54 Å². The van der Waals surface area contributed by atoms with Crippen molar-refractivity contribution in [2.24, 2.45) is 5.92 Å². The Morgan fingerprint density at radius 1 is 1.39 bits per heavy atom. The summed E-state index contributed by atoms with van der Waals surface area (Å²) < 4.78 is 5.10. The van der Waals surface area contributed by atoms with Crippen molar-refractivity contribution in [1.29, 1.82) is 0 Å². The standard InChI is InChI=1S/C14H26N2O2/c1-4-9-16(2)10-14(11-5-6-11,13(17)18-3)15-12-7-8-12/h11-12,15H,4-10H2,1-3H3. The Bertz CT molecular complexity index is 300. The Kier molecular flexibility index (Phi) is 4.28. The van der Waals surface area contributed by atoms with Gasteiger partial charge in [-0.3, -0.25) is 5.32 Å². The van der Waals surface area contributed by atoms with Crippen molar-refractivity contribution >= 4 is 5.97 Å². The second-order valence-electron chi connectivity index (χ2n) is 5.89. The maximum Gasteiger partial charge on any atom is 0.327 e. The Morgan fingerprint density at radius 2 is 2.06 bits per heavy atom. The molecule has 1 unspecified atom stereocenters. The number of carbonyl (C=O) groups excluding carboxylic acids is 1. The predicted molar refractivity (Wildman–Crippen MR) is 71.4 cm³/mol. The predicted octanol–water partition coefficient (Wildman–Crippen LogP) is 1.40. The number of rotatable bonds is 8. The highest BCUT2D eigenvalue weighted by molar-refractivity contribution is 5.82. The van der Waals surface area contributed by atoms with Crippen LogP contribution in [0.4, 0.5) is 0 Å². The first-order valence-corrected chi connectivity index (χ1v) is 7.17. The summed E-state index contributed by atoms with van der Waals surface area (Å²) in [5.41, 5.74) is -0.458. The van der Waals surface area contributed by atoms with Crippen LogP contribution in [0.3, 0.4) is 0 Å². The molecule has 0 aromatic heterocycles. The molecule has 0 amide bonds. The highest BCUT2D eigenvalue weighted by atomic mass is 16.5. The van der Waals surface area contributed by atoms with E-state index >= 15 is 0 Å². The van der Waals surface area contributed by atoms with E-state index in [1.807, 2.05) is 0 Å². The lowest BCUT2D eigenvalue weighted by Gasteiger charge is -2.36. The average molecular weight is 254 g/mol. The minimum atomic E-state index is -0.458. The molecule has 1 atom stereocenters. The highest BCUT2D eigenvalue weighted by Gasteiger charge is 2.54. The van der Waals surface area contributed by atoms with Crippen LogP contribution in [0.5, 0.6) is 0 Å². The van der Waals surface area contributed by atoms with E-state index in [1.54, 1.807) is 0 Å². The number of esters is 1. The van der Waals surface area contributed by atoms with Crippen LogP contribution >= 0.6 is 0 Å². The molecule has 0 heterocycles. The molecule has 2 aliphatic carbocycles. The van der Waals surface area contributed by atoms with Crippen LogP contribution < -0.4 is 5.32 Å². The average Bonchev–Trinajstić information content (AvgIpc) is 3.18. The molecule has 4 nitrogen and oxygen atoms in total. The van der Waals surface area contributed by atoms with Gasteiger partial charge in [-0.25, -0.2) is 4.79 Å². The lowest BCUT2D eigenvalue weighted by molar-refractivity contribution is -0.150. The van der Waals surface area contributed by atoms with Crippen molar-refractivity contribution in [1.82, 2.24) is 10.2 Å². The van der Waals surface area contributed by atoms with Gasteiger partial charge in [-0.15, -0.1) is 0 Å². The summed E-state index contributed by atoms with van der Waals surface area (Å²) in [6, 6.07) is 0.528. The largest absolute Gasteiger partial charge is 0.468 e. The van der Waals surface area contributed by atoms with Crippen molar-refractivity contribution < 1.29 is 9.53 Å². The first-order valence-electron chi connectivity index (χ1n) is 7.17. The normalized spacial score (nSPS) is 22.9. The summed E-state index contributed by atoms with van der Waals surface area (Å²) in [4.78, 5) is 14.6. The zero-order valence-corrected chi connectivity index (χ0v) is 11.9. The van der Waals surface area contributed by atoms with Gasteiger partial charge in [-0.2, -0.15) is 0 Å². The highest BCUT2D eigenvalue weighted by Crippen LogP contribution is 2.42. The second-order valence-corrected chi connectivity index (χ2v) is 5.89. The maximum absolute atomic E-state index is 12.3. The number of hydrogen-bond acceptors (Lipinski definition) is 4. The maximum atomic E-state index is 12.3. The molecule has 2 saturated carbocycles. The minimum Gasteiger partial charge on any atom is -0.468 e. The molecule has 0 spiro atoms. The van der Waals surface area contributed by atoms with Crippen LogP contribution in [-0.2, 0) is 9.53 Å². The van der Waals surface area contributed by atoms with Crippen LogP contribution in [0.15, 0.2) is 0 Å². The number of likely N-dealkylation sites (N-methyl/N-ethyl adjacent to an activating group) is 1. The third-order valence-electron chi connectivity index (χ3n) is 3.99. The van der Waals surface area contributed by atoms with E-state index in [9.17, 15) is 4.79 Å². The van der Waals surface area contributed by atoms with Gasteiger partial charge in [-0.05, 0) is 51.6 Å². The summed E-state index contributed by atoms with van der Waals surface area (Å²) in [6.45, 7) is 3.97. The van der Waals surface area contributed by atoms with Crippen molar-refractivity contribution in [3.63, 3.8) is 0 Å². The summed E-state index contributed by atoms with van der Waals surface area (Å²) in [7, 11) is 3.60. The Balaban J connectivity index is 2.09. The molecule has 0 bridgehead atoms. The zero-order chi connectivity index (χ0) is 13.2. The lowest BCUT2D eigenvalue weighted by Crippen LogP contribution is -2.61. The number of carbonyl (C=O) groups is 1. The molecule has 0 aliphatic heterocycles. The van der Waals surface area contributed by atoms with E-state index < -0.39 is 5.54 Å². The van der Waals surface area contributed by atoms with Crippen LogP contribution in [0.25, 0.3) is 0 Å². The third kappa shape index (κ3) is 3.04. The van der Waals surface area contributed by atoms with E-state index in [0.29, 0.717) is 12.0 Å². The van der Waals surface area contributed by atoms with Gasteiger partial charge in [0.25, 0.3) is 0 Å². The molecule has 104 valence electrons. The Morgan fingerprint density at radius 3 is 2.50 bits per heavy atom. The molecule has 4 heteroatoms. The van der Waals surface area contributed by atoms with Crippen molar-refractivity contribution in [3.05, 3.63) is 0 Å². The SMILES string of the molecule is CCCN(C)CC(NC1CC1)(C(=O)OC)C1CC1. The molecule has 2 rings (SSSR count). The first-order chi connectivity index (χ1) is 8.62. The van der Waals surface area contributed by atoms with Gasteiger partial charge >= 0.3 is 5.97 Å². The van der Waals surface area contributed by atoms with E-state index in [4.69, 9.17) is 4.74 Å². The van der Waals surface area contributed by atoms with Gasteiger partial charge in [0, 0.05) is 12.6 Å². The molecule has 0 saturated heterocycles. The van der Waals surface area contributed by atoms with Gasteiger partial charge < -0.3 is 9.64 Å². The molecule has 2 aliphatic rings. The van der Waals surface area contributed by atoms with Crippen molar-refractivity contribution in [3.8, 4) is 0 Å². The topological polar surface area (TPSA) is 41.6 Å². The Hall–Kier alpha value is -0.610. The number of ether oxygens (including phenoxy) is 1. The number of nitrogens with zero attached hydrogens (tertiary/aromatic N) is 1. The number of hydrogen-bond donors (Lipinski definition) is 1. The molecule has 2 fully saturated rings.